The van der Waals surface area contributed by atoms with Crippen LogP contribution in [0, 0.1) is 5.92 Å². The van der Waals surface area contributed by atoms with Gasteiger partial charge in [0.25, 0.3) is 0 Å². The van der Waals surface area contributed by atoms with E-state index in [0.29, 0.717) is 0 Å². The molecule has 10 heavy (non-hydrogen) atoms. The molecule has 0 aliphatic rings. The minimum Gasteiger partial charge on any atom is -0.213 e. The fourth-order valence-electron chi connectivity index (χ4n) is 1.05. The van der Waals surface area contributed by atoms with Crippen molar-refractivity contribution >= 4 is 17.6 Å². The molecule has 0 aliphatic heterocycles. The summed E-state index contributed by atoms with van der Waals surface area (Å²) in [7, 11) is 0. The average molecular weight is 158 g/mol. The molecule has 0 aliphatic carbocycles. The summed E-state index contributed by atoms with van der Waals surface area (Å²) in [6.07, 6.45) is 3.51. The summed E-state index contributed by atoms with van der Waals surface area (Å²) >= 11 is 1.98. The van der Waals surface area contributed by atoms with Crippen LogP contribution in [0.25, 0.3) is 0 Å². The maximum atomic E-state index is 2.36. The van der Waals surface area contributed by atoms with Gasteiger partial charge in [-0.05, 0) is 12.2 Å². The lowest BCUT2D eigenvalue weighted by Crippen LogP contribution is -2.15. The normalized spacial score (nSPS) is 16.5. The fraction of sp³-hybridized carbons (Fsp3) is 1.00. The second-order valence-corrected chi connectivity index (χ2v) is 4.40. The highest BCUT2D eigenvalue weighted by Crippen LogP contribution is 2.27. The van der Waals surface area contributed by atoms with E-state index in [1.807, 2.05) is 11.6 Å². The van der Waals surface area contributed by atoms with Crippen molar-refractivity contribution in [3.05, 3.63) is 0 Å². The molecule has 0 amide bonds. The van der Waals surface area contributed by atoms with Crippen LogP contribution in [0.15, 0.2) is 0 Å². The summed E-state index contributed by atoms with van der Waals surface area (Å²) in [5, 5.41) is 0. The fourth-order valence-corrected chi connectivity index (χ4v) is 1.75. The van der Waals surface area contributed by atoms with Crippen LogP contribution in [0.5, 0.6) is 0 Å². The van der Waals surface area contributed by atoms with Crippen LogP contribution >= 0.6 is 11.6 Å². The van der Waals surface area contributed by atoms with Crippen molar-refractivity contribution in [2.75, 3.05) is 6.26 Å². The molecule has 0 aromatic rings. The van der Waals surface area contributed by atoms with Crippen LogP contribution in [-0.4, -0.2) is 12.2 Å². The van der Waals surface area contributed by atoms with E-state index in [1.165, 1.54) is 6.42 Å². The summed E-state index contributed by atoms with van der Waals surface area (Å²) in [6, 6.07) is 0. The maximum Gasteiger partial charge on any atom is 0.209 e. The third kappa shape index (κ3) is 3.00. The second kappa shape index (κ2) is 5.12. The molecule has 2 heteroatoms. The Morgan fingerprint density at radius 3 is 2.20 bits per heavy atom. The summed E-state index contributed by atoms with van der Waals surface area (Å²) in [4.78, 5) is 0. The Balaban J connectivity index is 3.69. The van der Waals surface area contributed by atoms with Crippen LogP contribution in [0.2, 0.25) is 12.6 Å². The van der Waals surface area contributed by atoms with Gasteiger partial charge in [-0.2, -0.15) is 0 Å². The van der Waals surface area contributed by atoms with Gasteiger partial charge in [0.1, 0.15) is 0 Å². The van der Waals surface area contributed by atoms with E-state index in [0.717, 1.165) is 17.7 Å². The third-order valence-electron chi connectivity index (χ3n) is 2.65. The van der Waals surface area contributed by atoms with Crippen molar-refractivity contribution in [1.29, 1.82) is 0 Å². The van der Waals surface area contributed by atoms with Crippen molar-refractivity contribution in [2.24, 2.45) is 5.92 Å². The molecule has 0 radical (unpaired) electrons. The quantitative estimate of drug-likeness (QED) is 0.565. The highest BCUT2D eigenvalue weighted by Gasteiger charge is 2.19. The molecule has 0 N–H and O–H groups in total. The molecule has 60 valence electrons. The van der Waals surface area contributed by atoms with E-state index in [-0.39, 0.29) is 0 Å². The van der Waals surface area contributed by atoms with Gasteiger partial charge in [-0.15, -0.1) is 0 Å². The van der Waals surface area contributed by atoms with Gasteiger partial charge in [0.2, 0.25) is 5.99 Å². The van der Waals surface area contributed by atoms with Gasteiger partial charge in [0.05, 0.1) is 0 Å². The Kier molecular flexibility index (Phi) is 5.33. The third-order valence-corrected chi connectivity index (χ3v) is 3.83. The Morgan fingerprint density at radius 2 is 1.90 bits per heavy atom. The van der Waals surface area contributed by atoms with E-state index >= 15 is 0 Å². The first-order chi connectivity index (χ1) is 4.63. The van der Waals surface area contributed by atoms with E-state index < -0.39 is 0 Å². The summed E-state index contributed by atoms with van der Waals surface area (Å²) < 4.78 is 0. The minimum absolute atomic E-state index is 0.815. The first kappa shape index (κ1) is 10.4. The zero-order chi connectivity index (χ0) is 8.15. The molecule has 0 fully saturated rings. The van der Waals surface area contributed by atoms with E-state index in [1.54, 1.807) is 0 Å². The Hall–Kier alpha value is 0.415. The monoisotopic (exact) mass is 158 g/mol. The Morgan fingerprint density at radius 1 is 1.40 bits per heavy atom. The number of hydrogen-bond acceptors (Lipinski definition) is 1. The zero-order valence-corrected chi connectivity index (χ0v) is 8.66. The summed E-state index contributed by atoms with van der Waals surface area (Å²) in [6.45, 7) is 9.29. The standard InChI is InChI=1S/C8H19BS/c1-6-7(2)8(3)9(4)10-5/h7-8H,6H2,1-5H3. The maximum absolute atomic E-state index is 2.36. The lowest BCUT2D eigenvalue weighted by molar-refractivity contribution is 0.539. The van der Waals surface area contributed by atoms with Crippen LogP contribution in [0.4, 0.5) is 0 Å². The first-order valence-electron chi connectivity index (χ1n) is 4.16. The highest BCUT2D eigenvalue weighted by atomic mass is 32.2. The van der Waals surface area contributed by atoms with Crippen LogP contribution in [0.1, 0.15) is 27.2 Å². The Labute approximate surface area is 70.1 Å². The van der Waals surface area contributed by atoms with Crippen molar-refractivity contribution in [3.8, 4) is 0 Å². The topological polar surface area (TPSA) is 0 Å². The summed E-state index contributed by atoms with van der Waals surface area (Å²) in [5.41, 5.74) is 0. The molecule has 0 rings (SSSR count). The smallest absolute Gasteiger partial charge is 0.209 e. The lowest BCUT2D eigenvalue weighted by Gasteiger charge is -2.20. The van der Waals surface area contributed by atoms with Gasteiger partial charge in [-0.1, -0.05) is 39.8 Å². The zero-order valence-electron chi connectivity index (χ0n) is 7.85. The molecular formula is C8H19BS. The van der Waals surface area contributed by atoms with Crippen LogP contribution < -0.4 is 0 Å². The van der Waals surface area contributed by atoms with Gasteiger partial charge < -0.3 is 0 Å². The molecule has 0 saturated heterocycles. The van der Waals surface area contributed by atoms with Gasteiger partial charge in [-0.25, -0.2) is 11.6 Å². The van der Waals surface area contributed by atoms with Gasteiger partial charge in [0.15, 0.2) is 0 Å². The molecule has 2 atom stereocenters. The highest BCUT2D eigenvalue weighted by molar-refractivity contribution is 8.25. The van der Waals surface area contributed by atoms with Crippen LogP contribution in [-0.2, 0) is 0 Å². The first-order valence-corrected chi connectivity index (χ1v) is 5.45. The molecule has 0 heterocycles. The number of hydrogen-bond donors (Lipinski definition) is 0. The predicted octanol–water partition coefficient (Wildman–Crippen LogP) is 3.41. The predicted molar refractivity (Wildman–Crippen MR) is 54.0 cm³/mol. The SMILES string of the molecule is CCC(C)C(C)B(C)SC. The van der Waals surface area contributed by atoms with Gasteiger partial charge in [0, 0.05) is 0 Å². The van der Waals surface area contributed by atoms with E-state index in [2.05, 4.69) is 33.9 Å². The number of rotatable bonds is 4. The largest absolute Gasteiger partial charge is 0.213 e. The van der Waals surface area contributed by atoms with Crippen molar-refractivity contribution in [1.82, 2.24) is 0 Å². The Bertz CT molecular complexity index is 75.3. The molecule has 0 bridgehead atoms. The molecule has 0 spiro atoms. The lowest BCUT2D eigenvalue weighted by atomic mass is 9.60. The molecular weight excluding hydrogens is 139 g/mol. The molecule has 0 aromatic carbocycles. The second-order valence-electron chi connectivity index (χ2n) is 3.19. The average Bonchev–Trinajstić information content (AvgIpc) is 2.00. The molecule has 0 aromatic heterocycles. The van der Waals surface area contributed by atoms with Gasteiger partial charge >= 0.3 is 0 Å². The van der Waals surface area contributed by atoms with E-state index in [4.69, 9.17) is 0 Å². The van der Waals surface area contributed by atoms with Crippen molar-refractivity contribution in [3.63, 3.8) is 0 Å². The summed E-state index contributed by atoms with van der Waals surface area (Å²) in [5.74, 6) is 2.55. The molecule has 0 saturated carbocycles. The van der Waals surface area contributed by atoms with Crippen LogP contribution in [0.3, 0.4) is 0 Å². The van der Waals surface area contributed by atoms with Crippen molar-refractivity contribution in [2.45, 2.75) is 39.8 Å². The van der Waals surface area contributed by atoms with Gasteiger partial charge in [-0.3, -0.25) is 0 Å². The van der Waals surface area contributed by atoms with E-state index in [9.17, 15) is 0 Å². The minimum atomic E-state index is 0.815. The van der Waals surface area contributed by atoms with Crippen molar-refractivity contribution < 1.29 is 0 Å². The molecule has 0 nitrogen and oxygen atoms in total. The molecule has 2 unspecified atom stereocenters.